The number of anilines is 1. The number of carbonyl (C=O) groups excluding carboxylic acids is 1. The van der Waals surface area contributed by atoms with E-state index in [1.54, 1.807) is 24.4 Å². The summed E-state index contributed by atoms with van der Waals surface area (Å²) >= 11 is 0. The average Bonchev–Trinajstić information content (AvgIpc) is 3.36. The van der Waals surface area contributed by atoms with Gasteiger partial charge in [-0.2, -0.15) is 0 Å². The Balaban J connectivity index is 1.37. The summed E-state index contributed by atoms with van der Waals surface area (Å²) in [7, 11) is 0. The van der Waals surface area contributed by atoms with Crippen LogP contribution in [0.3, 0.4) is 0 Å². The van der Waals surface area contributed by atoms with E-state index >= 15 is 0 Å². The normalized spacial score (nSPS) is 16.4. The lowest BCUT2D eigenvalue weighted by molar-refractivity contribution is -0.121. The summed E-state index contributed by atoms with van der Waals surface area (Å²) in [6.07, 6.45) is 4.62. The Kier molecular flexibility index (Phi) is 4.74. The number of aromatic nitrogens is 3. The molecule has 0 aliphatic carbocycles. The van der Waals surface area contributed by atoms with Crippen molar-refractivity contribution >= 4 is 11.9 Å². The number of phenolic OH excluding ortho intramolecular Hbond substituents is 1. The van der Waals surface area contributed by atoms with Crippen LogP contribution in [0.4, 0.5) is 5.95 Å². The van der Waals surface area contributed by atoms with E-state index in [0.717, 1.165) is 24.4 Å². The first-order valence-corrected chi connectivity index (χ1v) is 8.97. The third-order valence-electron chi connectivity index (χ3n) is 4.70. The van der Waals surface area contributed by atoms with Gasteiger partial charge in [0.15, 0.2) is 0 Å². The van der Waals surface area contributed by atoms with Crippen molar-refractivity contribution in [2.24, 2.45) is 0 Å². The second kappa shape index (κ2) is 7.49. The lowest BCUT2D eigenvalue weighted by atomic mass is 10.1. The Morgan fingerprint density at radius 3 is 2.96 bits per heavy atom. The fourth-order valence-corrected chi connectivity index (χ4v) is 3.31. The number of benzene rings is 1. The third-order valence-corrected chi connectivity index (χ3v) is 4.70. The van der Waals surface area contributed by atoms with Gasteiger partial charge in [0.05, 0.1) is 17.8 Å². The number of hydrogen-bond acceptors (Lipinski definition) is 5. The van der Waals surface area contributed by atoms with Gasteiger partial charge in [-0.05, 0) is 30.7 Å². The smallest absolute Gasteiger partial charge is 0.225 e. The van der Waals surface area contributed by atoms with E-state index in [0.29, 0.717) is 18.1 Å². The largest absolute Gasteiger partial charge is 0.508 e. The van der Waals surface area contributed by atoms with Crippen LogP contribution in [0.5, 0.6) is 5.75 Å². The van der Waals surface area contributed by atoms with Gasteiger partial charge in [0, 0.05) is 37.1 Å². The second-order valence-corrected chi connectivity index (χ2v) is 6.63. The van der Waals surface area contributed by atoms with Gasteiger partial charge in [0.2, 0.25) is 11.9 Å². The van der Waals surface area contributed by atoms with Crippen molar-refractivity contribution in [1.82, 2.24) is 20.3 Å². The monoisotopic (exact) mass is 363 g/mol. The van der Waals surface area contributed by atoms with Gasteiger partial charge in [-0.3, -0.25) is 4.79 Å². The first-order valence-electron chi connectivity index (χ1n) is 8.97. The standard InChI is InChI=1S/C20H21N5O2/c26-18-6-2-1-4-14(18)12-19(27)23-15-8-11-25(13-15)20-22-10-7-17(24-20)16-5-3-9-21-16/h1-7,9-10,15,21,26H,8,11-13H2,(H,23,27). The number of hydrogen-bond donors (Lipinski definition) is 3. The number of aromatic hydroxyl groups is 1. The van der Waals surface area contributed by atoms with Gasteiger partial charge >= 0.3 is 0 Å². The fraction of sp³-hybridized carbons (Fsp3) is 0.250. The van der Waals surface area contributed by atoms with E-state index < -0.39 is 0 Å². The van der Waals surface area contributed by atoms with E-state index in [1.807, 2.05) is 30.5 Å². The molecule has 7 heteroatoms. The van der Waals surface area contributed by atoms with Crippen LogP contribution in [0.1, 0.15) is 12.0 Å². The van der Waals surface area contributed by atoms with Crippen molar-refractivity contribution in [3.8, 4) is 17.1 Å². The Labute approximate surface area is 157 Å². The van der Waals surface area contributed by atoms with Gasteiger partial charge in [0.25, 0.3) is 0 Å². The van der Waals surface area contributed by atoms with Crippen LogP contribution >= 0.6 is 0 Å². The number of nitrogens with one attached hydrogen (secondary N) is 2. The van der Waals surface area contributed by atoms with Gasteiger partial charge in [-0.25, -0.2) is 9.97 Å². The minimum atomic E-state index is -0.0931. The number of carbonyl (C=O) groups is 1. The number of aromatic amines is 1. The molecule has 4 rings (SSSR count). The third kappa shape index (κ3) is 3.92. The molecule has 1 atom stereocenters. The van der Waals surface area contributed by atoms with Crippen molar-refractivity contribution in [1.29, 1.82) is 0 Å². The molecule has 1 unspecified atom stereocenters. The van der Waals surface area contributed by atoms with Crippen LogP contribution in [-0.2, 0) is 11.2 Å². The molecule has 1 aliphatic heterocycles. The van der Waals surface area contributed by atoms with Crippen molar-refractivity contribution in [2.45, 2.75) is 18.9 Å². The van der Waals surface area contributed by atoms with Crippen LogP contribution in [0.2, 0.25) is 0 Å². The summed E-state index contributed by atoms with van der Waals surface area (Å²) in [5.74, 6) is 0.721. The number of phenols is 1. The quantitative estimate of drug-likeness (QED) is 0.645. The zero-order valence-corrected chi connectivity index (χ0v) is 14.8. The highest BCUT2D eigenvalue weighted by Gasteiger charge is 2.26. The average molecular weight is 363 g/mol. The highest BCUT2D eigenvalue weighted by Crippen LogP contribution is 2.21. The maximum atomic E-state index is 12.3. The maximum Gasteiger partial charge on any atom is 0.225 e. The van der Waals surface area contributed by atoms with E-state index in [-0.39, 0.29) is 24.1 Å². The second-order valence-electron chi connectivity index (χ2n) is 6.63. The molecule has 0 radical (unpaired) electrons. The van der Waals surface area contributed by atoms with Crippen LogP contribution in [-0.4, -0.2) is 45.1 Å². The molecule has 0 spiro atoms. The summed E-state index contributed by atoms with van der Waals surface area (Å²) in [5.41, 5.74) is 2.43. The molecule has 3 heterocycles. The van der Waals surface area contributed by atoms with Crippen LogP contribution in [0.25, 0.3) is 11.4 Å². The van der Waals surface area contributed by atoms with E-state index in [4.69, 9.17) is 0 Å². The van der Waals surface area contributed by atoms with Crippen molar-refractivity contribution in [2.75, 3.05) is 18.0 Å². The summed E-state index contributed by atoms with van der Waals surface area (Å²) in [6.45, 7) is 1.45. The van der Waals surface area contributed by atoms with Gasteiger partial charge < -0.3 is 20.3 Å². The molecule has 3 aromatic rings. The SMILES string of the molecule is O=C(Cc1ccccc1O)NC1CCN(c2nccc(-c3ccc[nH]3)n2)C1. The zero-order chi connectivity index (χ0) is 18.6. The molecular weight excluding hydrogens is 342 g/mol. The Bertz CT molecular complexity index is 926. The Hall–Kier alpha value is -3.35. The van der Waals surface area contributed by atoms with Crippen molar-refractivity contribution in [3.63, 3.8) is 0 Å². The molecule has 3 N–H and O–H groups in total. The molecule has 27 heavy (non-hydrogen) atoms. The summed E-state index contributed by atoms with van der Waals surface area (Å²) in [5, 5.41) is 12.9. The van der Waals surface area contributed by atoms with E-state index in [1.165, 1.54) is 0 Å². The Morgan fingerprint density at radius 1 is 1.26 bits per heavy atom. The van der Waals surface area contributed by atoms with Gasteiger partial charge in [-0.15, -0.1) is 0 Å². The molecule has 1 amide bonds. The molecule has 138 valence electrons. The molecule has 1 aromatic carbocycles. The molecule has 1 aliphatic rings. The highest BCUT2D eigenvalue weighted by molar-refractivity contribution is 5.79. The van der Waals surface area contributed by atoms with E-state index in [2.05, 4.69) is 25.2 Å². The summed E-state index contributed by atoms with van der Waals surface area (Å²) < 4.78 is 0. The fourth-order valence-electron chi connectivity index (χ4n) is 3.31. The topological polar surface area (TPSA) is 94.1 Å². The molecule has 1 fully saturated rings. The number of H-pyrrole nitrogens is 1. The molecule has 7 nitrogen and oxygen atoms in total. The Morgan fingerprint density at radius 2 is 2.15 bits per heavy atom. The first kappa shape index (κ1) is 17.1. The van der Waals surface area contributed by atoms with Crippen LogP contribution in [0.15, 0.2) is 54.9 Å². The summed E-state index contributed by atoms with van der Waals surface area (Å²) in [6, 6.07) is 12.7. The summed E-state index contributed by atoms with van der Waals surface area (Å²) in [4.78, 5) is 26.5. The first-order chi connectivity index (χ1) is 13.2. The molecule has 0 bridgehead atoms. The molecule has 2 aromatic heterocycles. The van der Waals surface area contributed by atoms with Gasteiger partial charge in [-0.1, -0.05) is 18.2 Å². The number of amides is 1. The minimum absolute atomic E-state index is 0.0427. The molecular formula is C20H21N5O2. The van der Waals surface area contributed by atoms with Crippen LogP contribution in [0, 0.1) is 0 Å². The highest BCUT2D eigenvalue weighted by atomic mass is 16.3. The zero-order valence-electron chi connectivity index (χ0n) is 14.8. The lowest BCUT2D eigenvalue weighted by Crippen LogP contribution is -2.38. The predicted octanol–water partition coefficient (Wildman–Crippen LogP) is 2.11. The molecule has 1 saturated heterocycles. The van der Waals surface area contributed by atoms with Crippen LogP contribution < -0.4 is 10.2 Å². The lowest BCUT2D eigenvalue weighted by Gasteiger charge is -2.17. The van der Waals surface area contributed by atoms with E-state index in [9.17, 15) is 9.90 Å². The maximum absolute atomic E-state index is 12.3. The predicted molar refractivity (Wildman–Crippen MR) is 102 cm³/mol. The number of para-hydroxylation sites is 1. The minimum Gasteiger partial charge on any atom is -0.508 e. The molecule has 0 saturated carbocycles. The van der Waals surface area contributed by atoms with Crippen molar-refractivity contribution in [3.05, 3.63) is 60.4 Å². The van der Waals surface area contributed by atoms with Crippen molar-refractivity contribution < 1.29 is 9.90 Å². The van der Waals surface area contributed by atoms with Gasteiger partial charge in [0.1, 0.15) is 5.75 Å². The number of rotatable bonds is 5. The number of nitrogens with zero attached hydrogens (tertiary/aromatic N) is 3.